The van der Waals surface area contributed by atoms with Crippen molar-refractivity contribution in [2.75, 3.05) is 5.75 Å². The van der Waals surface area contributed by atoms with Crippen LogP contribution in [0.5, 0.6) is 11.5 Å². The van der Waals surface area contributed by atoms with Gasteiger partial charge in [-0.05, 0) is 24.3 Å². The monoisotopic (exact) mass is 310 g/mol. The minimum absolute atomic E-state index is 0.0798. The highest BCUT2D eigenvalue weighted by atomic mass is 32.2. The van der Waals surface area contributed by atoms with E-state index in [4.69, 9.17) is 4.18 Å². The molecule has 0 aliphatic heterocycles. The molecule has 0 N–H and O–H groups in total. The predicted octanol–water partition coefficient (Wildman–Crippen LogP) is 2.14. The molecule has 110 valence electrons. The second kappa shape index (κ2) is 6.36. The van der Waals surface area contributed by atoms with Crippen LogP contribution in [0.1, 0.15) is 0 Å². The third-order valence-corrected chi connectivity index (χ3v) is 3.36. The van der Waals surface area contributed by atoms with Crippen LogP contribution in [0, 0.1) is 5.82 Å². The van der Waals surface area contributed by atoms with E-state index in [-0.39, 0.29) is 11.5 Å². The molecule has 0 saturated carbocycles. The first-order valence-corrected chi connectivity index (χ1v) is 7.46. The lowest BCUT2D eigenvalue weighted by Crippen LogP contribution is -2.24. The van der Waals surface area contributed by atoms with Crippen molar-refractivity contribution >= 4 is 16.1 Å². The van der Waals surface area contributed by atoms with Crippen molar-refractivity contribution in [2.45, 2.75) is 0 Å². The SMILES string of the molecule is O=C(CS(=O)(=O)Oc1ccccc1)Oc1ccccc1F. The van der Waals surface area contributed by atoms with Gasteiger partial charge in [0.15, 0.2) is 17.3 Å². The molecule has 0 spiro atoms. The Hall–Kier alpha value is -2.41. The van der Waals surface area contributed by atoms with E-state index in [0.717, 1.165) is 6.07 Å². The number of carbonyl (C=O) groups is 1. The Morgan fingerprint density at radius 2 is 1.62 bits per heavy atom. The van der Waals surface area contributed by atoms with Crippen molar-refractivity contribution in [2.24, 2.45) is 0 Å². The van der Waals surface area contributed by atoms with E-state index in [1.165, 1.54) is 30.3 Å². The predicted molar refractivity (Wildman–Crippen MR) is 72.9 cm³/mol. The fourth-order valence-electron chi connectivity index (χ4n) is 1.48. The molecule has 0 unspecified atom stereocenters. The van der Waals surface area contributed by atoms with Gasteiger partial charge in [0.25, 0.3) is 0 Å². The Kier molecular flexibility index (Phi) is 4.54. The van der Waals surface area contributed by atoms with Gasteiger partial charge in [0.1, 0.15) is 5.75 Å². The molecule has 0 saturated heterocycles. The Bertz CT molecular complexity index is 728. The van der Waals surface area contributed by atoms with E-state index in [1.54, 1.807) is 18.2 Å². The average molecular weight is 310 g/mol. The number of benzene rings is 2. The molecule has 5 nitrogen and oxygen atoms in total. The lowest BCUT2D eigenvalue weighted by Gasteiger charge is -2.07. The molecular formula is C14H11FO5S. The fourth-order valence-corrected chi connectivity index (χ4v) is 2.29. The number of rotatable bonds is 5. The van der Waals surface area contributed by atoms with Gasteiger partial charge in [0.05, 0.1) is 0 Å². The highest BCUT2D eigenvalue weighted by Gasteiger charge is 2.21. The van der Waals surface area contributed by atoms with Gasteiger partial charge in [-0.15, -0.1) is 0 Å². The van der Waals surface area contributed by atoms with Crippen LogP contribution in [0.4, 0.5) is 4.39 Å². The standard InChI is InChI=1S/C14H11FO5S/c15-12-8-4-5-9-13(12)19-14(16)10-21(17,18)20-11-6-2-1-3-7-11/h1-9H,10H2. The third kappa shape index (κ3) is 4.57. The molecule has 2 rings (SSSR count). The summed E-state index contributed by atoms with van der Waals surface area (Å²) in [5, 5.41) is 0. The smallest absolute Gasteiger partial charge is 0.330 e. The van der Waals surface area contributed by atoms with Crippen LogP contribution in [0.2, 0.25) is 0 Å². The zero-order valence-corrected chi connectivity index (χ0v) is 11.5. The van der Waals surface area contributed by atoms with Crippen molar-refractivity contribution in [1.82, 2.24) is 0 Å². The van der Waals surface area contributed by atoms with Gasteiger partial charge in [0.2, 0.25) is 0 Å². The summed E-state index contributed by atoms with van der Waals surface area (Å²) in [6.07, 6.45) is 0. The molecule has 0 bridgehead atoms. The molecule has 2 aromatic carbocycles. The summed E-state index contributed by atoms with van der Waals surface area (Å²) in [7, 11) is -4.16. The van der Waals surface area contributed by atoms with Crippen molar-refractivity contribution in [3.63, 3.8) is 0 Å². The lowest BCUT2D eigenvalue weighted by molar-refractivity contribution is -0.131. The molecule has 0 atom stereocenters. The second-order valence-electron chi connectivity index (χ2n) is 4.00. The summed E-state index contributed by atoms with van der Waals surface area (Å²) < 4.78 is 46.0. The molecule has 2 aromatic rings. The first kappa shape index (κ1) is 15.0. The van der Waals surface area contributed by atoms with Crippen LogP contribution in [0.15, 0.2) is 54.6 Å². The number of hydrogen-bond donors (Lipinski definition) is 0. The maximum absolute atomic E-state index is 13.3. The maximum atomic E-state index is 13.3. The largest absolute Gasteiger partial charge is 0.423 e. The van der Waals surface area contributed by atoms with E-state index >= 15 is 0 Å². The molecule has 7 heteroatoms. The molecule has 21 heavy (non-hydrogen) atoms. The van der Waals surface area contributed by atoms with Gasteiger partial charge in [0, 0.05) is 0 Å². The Balaban J connectivity index is 2.00. The van der Waals surface area contributed by atoms with E-state index in [2.05, 4.69) is 4.74 Å². The maximum Gasteiger partial charge on any atom is 0.330 e. The Labute approximate surface area is 121 Å². The summed E-state index contributed by atoms with van der Waals surface area (Å²) in [6, 6.07) is 12.9. The molecule has 0 aliphatic rings. The van der Waals surface area contributed by atoms with Crippen LogP contribution in [0.25, 0.3) is 0 Å². The Morgan fingerprint density at radius 1 is 1.00 bits per heavy atom. The number of esters is 1. The Morgan fingerprint density at radius 3 is 2.29 bits per heavy atom. The van der Waals surface area contributed by atoms with Crippen LogP contribution in [0.3, 0.4) is 0 Å². The lowest BCUT2D eigenvalue weighted by atomic mass is 10.3. The van der Waals surface area contributed by atoms with E-state index in [1.807, 2.05) is 0 Å². The van der Waals surface area contributed by atoms with Crippen molar-refractivity contribution < 1.29 is 26.5 Å². The van der Waals surface area contributed by atoms with Gasteiger partial charge in [-0.3, -0.25) is 4.79 Å². The van der Waals surface area contributed by atoms with E-state index in [9.17, 15) is 17.6 Å². The highest BCUT2D eigenvalue weighted by Crippen LogP contribution is 2.16. The molecule has 0 aromatic heterocycles. The summed E-state index contributed by atoms with van der Waals surface area (Å²) in [6.45, 7) is 0. The number of para-hydroxylation sites is 2. The van der Waals surface area contributed by atoms with Gasteiger partial charge in [-0.25, -0.2) is 4.39 Å². The summed E-state index contributed by atoms with van der Waals surface area (Å²) in [5.41, 5.74) is 0. The number of ether oxygens (including phenoxy) is 1. The van der Waals surface area contributed by atoms with E-state index < -0.39 is 27.7 Å². The summed E-state index contributed by atoms with van der Waals surface area (Å²) in [4.78, 5) is 11.5. The van der Waals surface area contributed by atoms with Gasteiger partial charge < -0.3 is 8.92 Å². The first-order chi connectivity index (χ1) is 9.96. The van der Waals surface area contributed by atoms with Crippen LogP contribution in [-0.4, -0.2) is 20.1 Å². The second-order valence-corrected chi connectivity index (χ2v) is 5.57. The molecule has 0 radical (unpaired) electrons. The molecule has 0 heterocycles. The molecule has 0 fully saturated rings. The number of carbonyl (C=O) groups excluding carboxylic acids is 1. The number of hydrogen-bond acceptors (Lipinski definition) is 5. The first-order valence-electron chi connectivity index (χ1n) is 5.89. The minimum atomic E-state index is -4.16. The van der Waals surface area contributed by atoms with E-state index in [0.29, 0.717) is 0 Å². The van der Waals surface area contributed by atoms with Crippen LogP contribution in [-0.2, 0) is 14.9 Å². The highest BCUT2D eigenvalue weighted by molar-refractivity contribution is 7.87. The zero-order chi connectivity index (χ0) is 15.3. The topological polar surface area (TPSA) is 69.7 Å². The summed E-state index contributed by atoms with van der Waals surface area (Å²) in [5.74, 6) is -3.16. The van der Waals surface area contributed by atoms with Gasteiger partial charge in [-0.1, -0.05) is 30.3 Å². The molecular weight excluding hydrogens is 299 g/mol. The fraction of sp³-hybridized carbons (Fsp3) is 0.0714. The molecule has 0 amide bonds. The van der Waals surface area contributed by atoms with Crippen molar-refractivity contribution in [1.29, 1.82) is 0 Å². The molecule has 0 aliphatic carbocycles. The van der Waals surface area contributed by atoms with Crippen LogP contribution < -0.4 is 8.92 Å². The van der Waals surface area contributed by atoms with Gasteiger partial charge >= 0.3 is 16.1 Å². The minimum Gasteiger partial charge on any atom is -0.423 e. The van der Waals surface area contributed by atoms with Crippen molar-refractivity contribution in [3.05, 3.63) is 60.4 Å². The zero-order valence-electron chi connectivity index (χ0n) is 10.7. The summed E-state index contributed by atoms with van der Waals surface area (Å²) >= 11 is 0. The van der Waals surface area contributed by atoms with Gasteiger partial charge in [-0.2, -0.15) is 8.42 Å². The van der Waals surface area contributed by atoms with Crippen molar-refractivity contribution in [3.8, 4) is 11.5 Å². The average Bonchev–Trinajstić information content (AvgIpc) is 2.41. The van der Waals surface area contributed by atoms with Crippen LogP contribution >= 0.6 is 0 Å². The normalized spacial score (nSPS) is 10.9. The quantitative estimate of drug-likeness (QED) is 0.481. The number of halogens is 1. The third-order valence-electron chi connectivity index (χ3n) is 2.32.